The van der Waals surface area contributed by atoms with E-state index in [-0.39, 0.29) is 23.9 Å². The second kappa shape index (κ2) is 7.60. The predicted octanol–water partition coefficient (Wildman–Crippen LogP) is 2.48. The molecule has 0 fully saturated rings. The van der Waals surface area contributed by atoms with Crippen LogP contribution < -0.4 is 0 Å². The minimum Gasteiger partial charge on any atom is -0.512 e. The molecule has 0 atom stereocenters. The first kappa shape index (κ1) is 15.3. The van der Waals surface area contributed by atoms with Crippen molar-refractivity contribution < 1.29 is 14.6 Å². The highest BCUT2D eigenvalue weighted by Crippen LogP contribution is 2.02. The molecule has 0 aromatic heterocycles. The Balaban J connectivity index is 4.82. The average molecular weight is 240 g/mol. The third-order valence-corrected chi connectivity index (χ3v) is 2.12. The summed E-state index contributed by atoms with van der Waals surface area (Å²) in [5.74, 6) is -0.448. The van der Waals surface area contributed by atoms with Crippen molar-refractivity contribution in [3.8, 4) is 0 Å². The van der Waals surface area contributed by atoms with Crippen LogP contribution in [0, 0.1) is 5.92 Å². The van der Waals surface area contributed by atoms with Gasteiger partial charge in [0.25, 0.3) is 0 Å². The number of esters is 1. The number of allylic oxidation sites excluding steroid dienone is 1. The average Bonchev–Trinajstić information content (AvgIpc) is 2.23. The van der Waals surface area contributed by atoms with Crippen LogP contribution in [-0.2, 0) is 9.53 Å². The van der Waals surface area contributed by atoms with Gasteiger partial charge in [-0.25, -0.2) is 4.79 Å². The van der Waals surface area contributed by atoms with Crippen LogP contribution in [0.3, 0.4) is 0 Å². The molecule has 0 bridgehead atoms. The van der Waals surface area contributed by atoms with E-state index in [4.69, 9.17) is 4.74 Å². The van der Waals surface area contributed by atoms with Crippen molar-refractivity contribution in [2.75, 3.05) is 6.61 Å². The maximum atomic E-state index is 11.4. The van der Waals surface area contributed by atoms with Crippen molar-refractivity contribution >= 4 is 17.9 Å². The van der Waals surface area contributed by atoms with Gasteiger partial charge >= 0.3 is 5.97 Å². The lowest BCUT2D eigenvalue weighted by molar-refractivity contribution is -0.138. The van der Waals surface area contributed by atoms with E-state index < -0.39 is 5.97 Å². The molecule has 0 heterocycles. The van der Waals surface area contributed by atoms with Crippen molar-refractivity contribution in [1.82, 2.24) is 0 Å². The lowest BCUT2D eigenvalue weighted by atomic mass is 10.1. The summed E-state index contributed by atoms with van der Waals surface area (Å²) < 4.78 is 4.77. The summed E-state index contributed by atoms with van der Waals surface area (Å²) in [6.07, 6.45) is 1.21. The lowest BCUT2D eigenvalue weighted by Gasteiger charge is -2.03. The SMILES string of the molecule is CCOC(=O)C(C=N/N=C(/C)C(C)C)=C(C)O. The Morgan fingerprint density at radius 1 is 1.41 bits per heavy atom. The Kier molecular flexibility index (Phi) is 6.86. The standard InChI is InChI=1S/C12H20N2O3/c1-6-17-12(16)11(10(5)15)7-13-14-9(4)8(2)3/h7-8,15H,6H2,1-5H3/b11-10?,13-7?,14-9-. The van der Waals surface area contributed by atoms with E-state index in [9.17, 15) is 9.90 Å². The normalized spacial score (nSPS) is 14.1. The molecule has 0 unspecified atom stereocenters. The van der Waals surface area contributed by atoms with Gasteiger partial charge in [-0.3, -0.25) is 0 Å². The number of rotatable bonds is 5. The highest BCUT2D eigenvalue weighted by Gasteiger charge is 2.11. The summed E-state index contributed by atoms with van der Waals surface area (Å²) >= 11 is 0. The van der Waals surface area contributed by atoms with Crippen LogP contribution in [0.4, 0.5) is 0 Å². The van der Waals surface area contributed by atoms with Crippen molar-refractivity contribution in [2.45, 2.75) is 34.6 Å². The maximum Gasteiger partial charge on any atom is 0.343 e. The van der Waals surface area contributed by atoms with E-state index in [0.29, 0.717) is 0 Å². The molecule has 0 rings (SSSR count). The molecule has 0 amide bonds. The molecule has 0 radical (unpaired) electrons. The van der Waals surface area contributed by atoms with Crippen LogP contribution in [0.15, 0.2) is 21.5 Å². The van der Waals surface area contributed by atoms with Crippen molar-refractivity contribution in [3.05, 3.63) is 11.3 Å². The molecule has 0 aromatic rings. The quantitative estimate of drug-likeness (QED) is 0.264. The Labute approximate surface area is 102 Å². The van der Waals surface area contributed by atoms with Gasteiger partial charge in [-0.2, -0.15) is 10.2 Å². The highest BCUT2D eigenvalue weighted by atomic mass is 16.5. The molecule has 96 valence electrons. The van der Waals surface area contributed by atoms with Crippen molar-refractivity contribution in [1.29, 1.82) is 0 Å². The van der Waals surface area contributed by atoms with Gasteiger partial charge in [0, 0.05) is 5.71 Å². The largest absolute Gasteiger partial charge is 0.512 e. The third kappa shape index (κ3) is 5.85. The van der Waals surface area contributed by atoms with E-state index in [1.807, 2.05) is 20.8 Å². The van der Waals surface area contributed by atoms with Crippen LogP contribution in [0.25, 0.3) is 0 Å². The maximum absolute atomic E-state index is 11.4. The first-order chi connectivity index (χ1) is 7.90. The van der Waals surface area contributed by atoms with Gasteiger partial charge < -0.3 is 9.84 Å². The van der Waals surface area contributed by atoms with Gasteiger partial charge in [0.05, 0.1) is 12.8 Å². The summed E-state index contributed by atoms with van der Waals surface area (Å²) in [7, 11) is 0. The number of ether oxygens (including phenoxy) is 1. The Hall–Kier alpha value is -1.65. The molecular weight excluding hydrogens is 220 g/mol. The van der Waals surface area contributed by atoms with Gasteiger partial charge in [-0.15, -0.1) is 0 Å². The number of carbonyl (C=O) groups is 1. The van der Waals surface area contributed by atoms with Crippen LogP contribution in [-0.4, -0.2) is 29.6 Å². The zero-order valence-corrected chi connectivity index (χ0v) is 11.0. The van der Waals surface area contributed by atoms with Crippen LogP contribution in [0.5, 0.6) is 0 Å². The fourth-order valence-corrected chi connectivity index (χ4v) is 0.796. The van der Waals surface area contributed by atoms with Gasteiger partial charge in [-0.1, -0.05) is 13.8 Å². The topological polar surface area (TPSA) is 71.2 Å². The monoisotopic (exact) mass is 240 g/mol. The summed E-state index contributed by atoms with van der Waals surface area (Å²) in [5, 5.41) is 17.0. The van der Waals surface area contributed by atoms with E-state index in [2.05, 4.69) is 10.2 Å². The number of aliphatic hydroxyl groups excluding tert-OH is 1. The molecule has 0 aromatic carbocycles. The van der Waals surface area contributed by atoms with Crippen molar-refractivity contribution in [3.63, 3.8) is 0 Å². The third-order valence-electron chi connectivity index (χ3n) is 2.12. The first-order valence-electron chi connectivity index (χ1n) is 5.54. The number of hydrogen-bond acceptors (Lipinski definition) is 5. The number of carbonyl (C=O) groups excluding carboxylic acids is 1. The van der Waals surface area contributed by atoms with Crippen molar-refractivity contribution in [2.24, 2.45) is 16.1 Å². The molecule has 5 nitrogen and oxygen atoms in total. The second-order valence-electron chi connectivity index (χ2n) is 3.86. The molecule has 5 heteroatoms. The van der Waals surface area contributed by atoms with Crippen LogP contribution in [0.1, 0.15) is 34.6 Å². The number of hydrogen-bond donors (Lipinski definition) is 1. The minimum atomic E-state index is -0.603. The van der Waals surface area contributed by atoms with Crippen LogP contribution in [0.2, 0.25) is 0 Å². The molecular formula is C12H20N2O3. The molecule has 0 saturated heterocycles. The highest BCUT2D eigenvalue weighted by molar-refractivity contribution is 6.09. The summed E-state index contributed by atoms with van der Waals surface area (Å²) in [6.45, 7) is 9.18. The molecule has 0 spiro atoms. The van der Waals surface area contributed by atoms with E-state index in [0.717, 1.165) is 5.71 Å². The predicted molar refractivity (Wildman–Crippen MR) is 68.4 cm³/mol. The zero-order valence-electron chi connectivity index (χ0n) is 11.0. The number of aliphatic hydroxyl groups is 1. The van der Waals surface area contributed by atoms with E-state index >= 15 is 0 Å². The summed E-state index contributed by atoms with van der Waals surface area (Å²) in [5.41, 5.74) is 0.868. The van der Waals surface area contributed by atoms with E-state index in [1.54, 1.807) is 6.92 Å². The molecule has 17 heavy (non-hydrogen) atoms. The fraction of sp³-hybridized carbons (Fsp3) is 0.583. The fourth-order valence-electron chi connectivity index (χ4n) is 0.796. The number of nitrogens with zero attached hydrogens (tertiary/aromatic N) is 2. The minimum absolute atomic E-state index is 0.0205. The molecule has 0 aliphatic carbocycles. The Bertz CT molecular complexity index is 351. The smallest absolute Gasteiger partial charge is 0.343 e. The molecule has 0 aliphatic rings. The van der Waals surface area contributed by atoms with E-state index in [1.165, 1.54) is 13.1 Å². The Morgan fingerprint density at radius 2 is 2.00 bits per heavy atom. The summed E-state index contributed by atoms with van der Waals surface area (Å²) in [4.78, 5) is 11.4. The van der Waals surface area contributed by atoms with Gasteiger partial charge in [0.2, 0.25) is 0 Å². The van der Waals surface area contributed by atoms with Gasteiger partial charge in [0.1, 0.15) is 11.3 Å². The zero-order chi connectivity index (χ0) is 13.4. The molecule has 1 N–H and O–H groups in total. The second-order valence-corrected chi connectivity index (χ2v) is 3.86. The molecule has 0 saturated carbocycles. The first-order valence-corrected chi connectivity index (χ1v) is 5.54. The van der Waals surface area contributed by atoms with Crippen LogP contribution >= 0.6 is 0 Å². The summed E-state index contributed by atoms with van der Waals surface area (Å²) in [6, 6.07) is 0. The van der Waals surface area contributed by atoms with Gasteiger partial charge in [0.15, 0.2) is 0 Å². The Morgan fingerprint density at radius 3 is 2.41 bits per heavy atom. The van der Waals surface area contributed by atoms with Gasteiger partial charge in [-0.05, 0) is 26.7 Å². The lowest BCUT2D eigenvalue weighted by Crippen LogP contribution is -2.10. The molecule has 0 aliphatic heterocycles.